The molecule has 2 aromatic rings. The Morgan fingerprint density at radius 1 is 0.826 bits per heavy atom. The van der Waals surface area contributed by atoms with Crippen molar-refractivity contribution in [3.05, 3.63) is 54.1 Å². The van der Waals surface area contributed by atoms with Crippen LogP contribution in [0, 0.1) is 11.6 Å². The summed E-state index contributed by atoms with van der Waals surface area (Å²) < 4.78 is 39.6. The van der Waals surface area contributed by atoms with Crippen LogP contribution in [-0.2, 0) is 9.31 Å². The van der Waals surface area contributed by atoms with E-state index < -0.39 is 24.1 Å². The second-order valence-electron chi connectivity index (χ2n) is 6.83. The van der Waals surface area contributed by atoms with E-state index in [1.807, 2.05) is 27.7 Å². The number of rotatable bonds is 2. The SMILES string of the molecule is CC1(C)OB(c2ccc(-c3cccc(F)c3)cc2F)OC1(C)C. The molecule has 1 fully saturated rings. The highest BCUT2D eigenvalue weighted by Crippen LogP contribution is 2.36. The molecule has 1 aliphatic heterocycles. The summed E-state index contributed by atoms with van der Waals surface area (Å²) in [5.41, 5.74) is 0.548. The lowest BCUT2D eigenvalue weighted by Crippen LogP contribution is -2.41. The van der Waals surface area contributed by atoms with Crippen molar-refractivity contribution in [3.63, 3.8) is 0 Å². The Balaban J connectivity index is 1.92. The van der Waals surface area contributed by atoms with E-state index in [0.717, 1.165) is 0 Å². The van der Waals surface area contributed by atoms with Crippen LogP contribution in [0.4, 0.5) is 8.78 Å². The third-order valence-corrected chi connectivity index (χ3v) is 4.67. The van der Waals surface area contributed by atoms with Crippen molar-refractivity contribution in [2.45, 2.75) is 38.9 Å². The zero-order chi connectivity index (χ0) is 16.8. The fraction of sp³-hybridized carbons (Fsp3) is 0.333. The average Bonchev–Trinajstić information content (AvgIpc) is 2.67. The summed E-state index contributed by atoms with van der Waals surface area (Å²) in [5, 5.41) is 0. The molecule has 0 radical (unpaired) electrons. The third kappa shape index (κ3) is 2.91. The maximum Gasteiger partial charge on any atom is 0.497 e. The molecule has 120 valence electrons. The summed E-state index contributed by atoms with van der Waals surface area (Å²) in [6, 6.07) is 10.9. The summed E-state index contributed by atoms with van der Waals surface area (Å²) in [7, 11) is -0.749. The lowest BCUT2D eigenvalue weighted by atomic mass is 9.78. The largest absolute Gasteiger partial charge is 0.497 e. The molecule has 0 bridgehead atoms. The molecule has 0 unspecified atom stereocenters. The fourth-order valence-electron chi connectivity index (χ4n) is 2.54. The molecule has 0 aromatic heterocycles. The molecule has 0 spiro atoms. The second-order valence-corrected chi connectivity index (χ2v) is 6.83. The van der Waals surface area contributed by atoms with Gasteiger partial charge in [-0.25, -0.2) is 8.78 Å². The van der Waals surface area contributed by atoms with Gasteiger partial charge in [-0.15, -0.1) is 0 Å². The van der Waals surface area contributed by atoms with E-state index in [9.17, 15) is 8.78 Å². The van der Waals surface area contributed by atoms with Gasteiger partial charge in [-0.05, 0) is 57.0 Å². The van der Waals surface area contributed by atoms with Gasteiger partial charge in [-0.2, -0.15) is 0 Å². The highest BCUT2D eigenvalue weighted by Gasteiger charge is 2.52. The summed E-state index contributed by atoms with van der Waals surface area (Å²) >= 11 is 0. The molecule has 0 saturated carbocycles. The molecule has 2 nitrogen and oxygen atoms in total. The maximum atomic E-state index is 14.5. The van der Waals surface area contributed by atoms with Gasteiger partial charge >= 0.3 is 7.12 Å². The van der Waals surface area contributed by atoms with Gasteiger partial charge in [-0.1, -0.05) is 24.3 Å². The van der Waals surface area contributed by atoms with Crippen LogP contribution in [0.3, 0.4) is 0 Å². The molecule has 1 aliphatic rings. The smallest absolute Gasteiger partial charge is 0.399 e. The normalized spacial score (nSPS) is 19.1. The molecule has 0 atom stereocenters. The van der Waals surface area contributed by atoms with E-state index in [1.165, 1.54) is 18.2 Å². The van der Waals surface area contributed by atoms with Crippen LogP contribution >= 0.6 is 0 Å². The molecule has 0 aliphatic carbocycles. The number of hydrogen-bond acceptors (Lipinski definition) is 2. The number of hydrogen-bond donors (Lipinski definition) is 0. The van der Waals surface area contributed by atoms with Crippen molar-refractivity contribution in [2.75, 3.05) is 0 Å². The number of benzene rings is 2. The Hall–Kier alpha value is -1.72. The average molecular weight is 316 g/mol. The zero-order valence-electron chi connectivity index (χ0n) is 13.7. The molecule has 1 saturated heterocycles. The summed E-state index contributed by atoms with van der Waals surface area (Å²) in [4.78, 5) is 0. The van der Waals surface area contributed by atoms with Crippen LogP contribution < -0.4 is 5.46 Å². The highest BCUT2D eigenvalue weighted by atomic mass is 19.1. The summed E-state index contributed by atoms with van der Waals surface area (Å²) in [6.07, 6.45) is 0. The molecule has 0 amide bonds. The van der Waals surface area contributed by atoms with Gasteiger partial charge in [0.2, 0.25) is 0 Å². The first-order valence-corrected chi connectivity index (χ1v) is 7.61. The predicted octanol–water partition coefficient (Wildman–Crippen LogP) is 3.93. The lowest BCUT2D eigenvalue weighted by molar-refractivity contribution is 0.00578. The van der Waals surface area contributed by atoms with Crippen molar-refractivity contribution in [2.24, 2.45) is 0 Å². The predicted molar refractivity (Wildman–Crippen MR) is 87.5 cm³/mol. The van der Waals surface area contributed by atoms with Crippen molar-refractivity contribution in [1.29, 1.82) is 0 Å². The van der Waals surface area contributed by atoms with Crippen LogP contribution in [-0.4, -0.2) is 18.3 Å². The monoisotopic (exact) mass is 316 g/mol. The van der Waals surface area contributed by atoms with Crippen molar-refractivity contribution in [3.8, 4) is 11.1 Å². The molecule has 1 heterocycles. The van der Waals surface area contributed by atoms with Crippen molar-refractivity contribution in [1.82, 2.24) is 0 Å². The van der Waals surface area contributed by atoms with Gasteiger partial charge in [0.05, 0.1) is 11.2 Å². The molecule has 3 rings (SSSR count). The van der Waals surface area contributed by atoms with Gasteiger partial charge in [0.1, 0.15) is 11.6 Å². The van der Waals surface area contributed by atoms with Gasteiger partial charge < -0.3 is 9.31 Å². The second kappa shape index (κ2) is 5.43. The van der Waals surface area contributed by atoms with E-state index in [0.29, 0.717) is 16.6 Å². The first kappa shape index (κ1) is 16.2. The third-order valence-electron chi connectivity index (χ3n) is 4.67. The van der Waals surface area contributed by atoms with E-state index in [-0.39, 0.29) is 5.82 Å². The topological polar surface area (TPSA) is 18.5 Å². The van der Waals surface area contributed by atoms with Crippen molar-refractivity contribution < 1.29 is 18.1 Å². The van der Waals surface area contributed by atoms with E-state index in [4.69, 9.17) is 9.31 Å². The molecule has 0 N–H and O–H groups in total. The first-order chi connectivity index (χ1) is 10.7. The summed E-state index contributed by atoms with van der Waals surface area (Å²) in [5.74, 6) is -0.775. The summed E-state index contributed by atoms with van der Waals surface area (Å²) in [6.45, 7) is 7.69. The van der Waals surface area contributed by atoms with Crippen LogP contribution in [0.1, 0.15) is 27.7 Å². The van der Waals surface area contributed by atoms with Crippen LogP contribution in [0.25, 0.3) is 11.1 Å². The fourth-order valence-corrected chi connectivity index (χ4v) is 2.54. The van der Waals surface area contributed by atoms with Gasteiger partial charge in [-0.3, -0.25) is 0 Å². The standard InChI is InChI=1S/C18H19BF2O2/c1-17(2)18(3,4)23-19(22-17)15-9-8-13(11-16(15)21)12-6-5-7-14(20)10-12/h5-11H,1-4H3. The Morgan fingerprint density at radius 2 is 1.43 bits per heavy atom. The Bertz CT molecular complexity index is 728. The van der Waals surface area contributed by atoms with Crippen LogP contribution in [0.2, 0.25) is 0 Å². The first-order valence-electron chi connectivity index (χ1n) is 7.61. The van der Waals surface area contributed by atoms with Gasteiger partial charge in [0.25, 0.3) is 0 Å². The minimum Gasteiger partial charge on any atom is -0.399 e. The highest BCUT2D eigenvalue weighted by molar-refractivity contribution is 6.62. The molecule has 5 heteroatoms. The van der Waals surface area contributed by atoms with Crippen LogP contribution in [0.15, 0.2) is 42.5 Å². The molecular formula is C18H19BF2O2. The molecular weight excluding hydrogens is 297 g/mol. The van der Waals surface area contributed by atoms with Gasteiger partial charge in [0, 0.05) is 5.46 Å². The Morgan fingerprint density at radius 3 is 2.00 bits per heavy atom. The molecule has 2 aromatic carbocycles. The van der Waals surface area contributed by atoms with E-state index in [1.54, 1.807) is 24.3 Å². The maximum absolute atomic E-state index is 14.5. The van der Waals surface area contributed by atoms with Gasteiger partial charge in [0.15, 0.2) is 0 Å². The lowest BCUT2D eigenvalue weighted by Gasteiger charge is -2.32. The quantitative estimate of drug-likeness (QED) is 0.782. The van der Waals surface area contributed by atoms with Crippen molar-refractivity contribution >= 4 is 12.6 Å². The van der Waals surface area contributed by atoms with E-state index >= 15 is 0 Å². The van der Waals surface area contributed by atoms with E-state index in [2.05, 4.69) is 0 Å². The Kier molecular flexibility index (Phi) is 3.81. The molecule has 23 heavy (non-hydrogen) atoms. The minimum absolute atomic E-state index is 0.349. The number of halogens is 2. The Labute approximate surface area is 135 Å². The van der Waals surface area contributed by atoms with Crippen LogP contribution in [0.5, 0.6) is 0 Å². The minimum atomic E-state index is -0.749. The zero-order valence-corrected chi connectivity index (χ0v) is 13.7.